The SMILES string of the molecule is Cc1cccc(N(c2ccccc2)c2cc3c(c4ccccc24)c2c4ccccc4c(N(c4cccc(C)c4)c4cccc(-c5cccc(N(c6ccccc6)c6cc7c(c8ccccc68)c6c8ccccc8c(N(c8ccccc8)c8ccccc8)cc6n7-c6ccccc6)c5)c4)cc2n3-c2ccccc2)c1. The Morgan fingerprint density at radius 2 is 0.389 bits per heavy atom. The smallest absolute Gasteiger partial charge is 0.0568 e. The highest BCUT2D eigenvalue weighted by Gasteiger charge is 2.29. The molecule has 0 saturated carbocycles. The second-order valence-electron chi connectivity index (χ2n) is 28.1. The minimum absolute atomic E-state index is 1.03. The number of nitrogens with zero attached hydrogens (tertiary/aromatic N) is 6. The van der Waals surface area contributed by atoms with Crippen molar-refractivity contribution < 1.29 is 0 Å². The average molecular weight is 1380 g/mol. The van der Waals surface area contributed by atoms with Gasteiger partial charge in [-0.25, -0.2) is 0 Å². The highest BCUT2D eigenvalue weighted by Crippen LogP contribution is 2.54. The van der Waals surface area contributed by atoms with Crippen molar-refractivity contribution in [2.45, 2.75) is 13.8 Å². The van der Waals surface area contributed by atoms with Crippen LogP contribution in [0.25, 0.3) is 109 Å². The molecule has 0 saturated heterocycles. The first-order valence-corrected chi connectivity index (χ1v) is 37.1. The molecule has 0 unspecified atom stereocenters. The maximum atomic E-state index is 2.51. The van der Waals surface area contributed by atoms with Gasteiger partial charge in [0.1, 0.15) is 0 Å². The minimum Gasteiger partial charge on any atom is -0.310 e. The molecule has 2 heterocycles. The molecule has 0 amide bonds. The Kier molecular flexibility index (Phi) is 15.6. The minimum atomic E-state index is 1.03. The van der Waals surface area contributed by atoms with Crippen molar-refractivity contribution in [3.05, 3.63) is 412 Å². The van der Waals surface area contributed by atoms with Crippen LogP contribution in [-0.2, 0) is 0 Å². The summed E-state index contributed by atoms with van der Waals surface area (Å²) < 4.78 is 5.01. The molecular formula is C102H72N6. The van der Waals surface area contributed by atoms with Gasteiger partial charge in [0.15, 0.2) is 0 Å². The van der Waals surface area contributed by atoms with Crippen molar-refractivity contribution >= 4 is 155 Å². The third-order valence-corrected chi connectivity index (χ3v) is 21.6. The van der Waals surface area contributed by atoms with Gasteiger partial charge in [0.2, 0.25) is 0 Å². The first-order valence-electron chi connectivity index (χ1n) is 37.1. The molecule has 0 aliphatic rings. The van der Waals surface area contributed by atoms with Gasteiger partial charge in [-0.2, -0.15) is 0 Å². The predicted octanol–water partition coefficient (Wildman–Crippen LogP) is 28.7. The number of anilines is 12. The second-order valence-corrected chi connectivity index (χ2v) is 28.1. The number of aryl methyl sites for hydroxylation is 2. The maximum absolute atomic E-state index is 2.51. The third kappa shape index (κ3) is 10.7. The fourth-order valence-electron chi connectivity index (χ4n) is 17.0. The first kappa shape index (κ1) is 63.5. The highest BCUT2D eigenvalue weighted by molar-refractivity contribution is 6.34. The van der Waals surface area contributed by atoms with Crippen LogP contribution in [0.2, 0.25) is 0 Å². The van der Waals surface area contributed by atoms with Gasteiger partial charge in [0, 0.05) is 100.0 Å². The summed E-state index contributed by atoms with van der Waals surface area (Å²) in [4.78, 5) is 9.81. The highest BCUT2D eigenvalue weighted by atomic mass is 15.2. The number of para-hydroxylation sites is 6. The van der Waals surface area contributed by atoms with Crippen molar-refractivity contribution in [2.75, 3.05) is 19.6 Å². The fourth-order valence-corrected chi connectivity index (χ4v) is 17.0. The van der Waals surface area contributed by atoms with Crippen LogP contribution in [0.15, 0.2) is 400 Å². The number of fused-ring (bicyclic) bond motifs is 14. The van der Waals surface area contributed by atoms with Gasteiger partial charge in [-0.1, -0.05) is 255 Å². The van der Waals surface area contributed by atoms with Crippen molar-refractivity contribution in [3.8, 4) is 22.5 Å². The van der Waals surface area contributed by atoms with E-state index in [0.717, 1.165) is 124 Å². The van der Waals surface area contributed by atoms with E-state index in [9.17, 15) is 0 Å². The molecule has 18 aromatic carbocycles. The number of aromatic nitrogens is 2. The summed E-state index contributed by atoms with van der Waals surface area (Å²) in [6, 6.07) is 147. The molecule has 6 nitrogen and oxygen atoms in total. The number of hydrogen-bond acceptors (Lipinski definition) is 4. The average Bonchev–Trinajstić information content (AvgIpc) is 1.54. The lowest BCUT2D eigenvalue weighted by Gasteiger charge is -2.29. The van der Waals surface area contributed by atoms with Crippen LogP contribution in [0.3, 0.4) is 0 Å². The Bertz CT molecular complexity index is 6790. The lowest BCUT2D eigenvalue weighted by molar-refractivity contribution is 1.18. The maximum Gasteiger partial charge on any atom is 0.0568 e. The van der Waals surface area contributed by atoms with Gasteiger partial charge in [-0.3, -0.25) is 0 Å². The van der Waals surface area contributed by atoms with Gasteiger partial charge in [0.05, 0.1) is 44.8 Å². The van der Waals surface area contributed by atoms with E-state index in [1.165, 1.54) is 65.0 Å². The van der Waals surface area contributed by atoms with Crippen LogP contribution in [0.1, 0.15) is 11.1 Å². The summed E-state index contributed by atoms with van der Waals surface area (Å²) in [6.45, 7) is 4.37. The molecule has 0 fully saturated rings. The van der Waals surface area contributed by atoms with Crippen LogP contribution in [0.4, 0.5) is 68.2 Å². The Labute approximate surface area is 627 Å². The molecule has 0 bridgehead atoms. The summed E-state index contributed by atoms with van der Waals surface area (Å²) in [5.74, 6) is 0. The largest absolute Gasteiger partial charge is 0.310 e. The van der Waals surface area contributed by atoms with E-state index in [1.807, 2.05) is 0 Å². The lowest BCUT2D eigenvalue weighted by Crippen LogP contribution is -2.11. The van der Waals surface area contributed by atoms with Crippen molar-refractivity contribution in [1.29, 1.82) is 0 Å². The van der Waals surface area contributed by atoms with Crippen molar-refractivity contribution in [3.63, 3.8) is 0 Å². The molecule has 20 rings (SSSR count). The normalized spacial score (nSPS) is 11.6. The summed E-state index contributed by atoms with van der Waals surface area (Å²) in [5, 5.41) is 14.2. The third-order valence-electron chi connectivity index (χ3n) is 21.6. The fraction of sp³-hybridized carbons (Fsp3) is 0.0196. The predicted molar refractivity (Wildman–Crippen MR) is 459 cm³/mol. The van der Waals surface area contributed by atoms with Gasteiger partial charge >= 0.3 is 0 Å². The second kappa shape index (κ2) is 26.5. The molecule has 0 aliphatic heterocycles. The van der Waals surface area contributed by atoms with E-state index in [0.29, 0.717) is 0 Å². The summed E-state index contributed by atoms with van der Waals surface area (Å²) >= 11 is 0. The van der Waals surface area contributed by atoms with Crippen LogP contribution in [-0.4, -0.2) is 9.13 Å². The Morgan fingerprint density at radius 3 is 0.667 bits per heavy atom. The Hall–Kier alpha value is -14.2. The van der Waals surface area contributed by atoms with Crippen LogP contribution < -0.4 is 19.6 Å². The standard InChI is InChI=1S/C102H72N6/c1-69-33-29-49-79(61-69)104(75-41-13-5-14-42-75)92-66-96-100(88-58-26-22-54-84(88)92)102-90-60-28-24-56-86(90)94(68-98(102)108(96)78-47-19-8-20-48-78)106(80-50-30-34-70(2)62-80)82-52-32-36-72(64-82)71-35-31-51-81(63-71)105(76-43-15-6-16-44-76)93-67-97-101(89-59-27-23-55-85(89)93)99-87-57-25-21-53-83(87)91(65-95(99)107(97)77-45-17-7-18-46-77)103(73-37-9-3-10-38-73)74-39-11-4-12-40-74/h3-68H,1-2H3. The van der Waals surface area contributed by atoms with E-state index < -0.39 is 0 Å². The molecule has 20 aromatic rings. The van der Waals surface area contributed by atoms with Crippen molar-refractivity contribution in [2.24, 2.45) is 0 Å². The molecular weight excluding hydrogens is 1310 g/mol. The molecule has 0 radical (unpaired) electrons. The molecule has 0 atom stereocenters. The molecule has 108 heavy (non-hydrogen) atoms. The van der Waals surface area contributed by atoms with E-state index in [4.69, 9.17) is 0 Å². The van der Waals surface area contributed by atoms with E-state index >= 15 is 0 Å². The van der Waals surface area contributed by atoms with Crippen LogP contribution in [0.5, 0.6) is 0 Å². The van der Waals surface area contributed by atoms with Crippen molar-refractivity contribution in [1.82, 2.24) is 9.13 Å². The molecule has 510 valence electrons. The molecule has 6 heteroatoms. The number of hydrogen-bond donors (Lipinski definition) is 0. The molecule has 0 N–H and O–H groups in total. The van der Waals surface area contributed by atoms with E-state index in [1.54, 1.807) is 0 Å². The summed E-state index contributed by atoms with van der Waals surface area (Å²) in [7, 11) is 0. The zero-order valence-electron chi connectivity index (χ0n) is 59.8. The lowest BCUT2D eigenvalue weighted by atomic mass is 9.96. The van der Waals surface area contributed by atoms with E-state index in [2.05, 4.69) is 443 Å². The van der Waals surface area contributed by atoms with Crippen LogP contribution >= 0.6 is 0 Å². The Balaban J connectivity index is 0.787. The summed E-state index contributed by atoms with van der Waals surface area (Å²) in [6.07, 6.45) is 0. The van der Waals surface area contributed by atoms with Gasteiger partial charge in [0.25, 0.3) is 0 Å². The van der Waals surface area contributed by atoms with E-state index in [-0.39, 0.29) is 0 Å². The first-order chi connectivity index (χ1) is 53.5. The Morgan fingerprint density at radius 1 is 0.176 bits per heavy atom. The zero-order chi connectivity index (χ0) is 71.8. The molecule has 2 aromatic heterocycles. The quantitative estimate of drug-likeness (QED) is 0.102. The molecule has 0 aliphatic carbocycles. The monoisotopic (exact) mass is 1380 g/mol. The number of rotatable bonds is 15. The number of benzene rings is 18. The topological polar surface area (TPSA) is 22.8 Å². The zero-order valence-corrected chi connectivity index (χ0v) is 59.8. The van der Waals surface area contributed by atoms with Crippen LogP contribution in [0, 0.1) is 13.8 Å². The van der Waals surface area contributed by atoms with Gasteiger partial charge in [-0.05, 0) is 203 Å². The summed E-state index contributed by atoms with van der Waals surface area (Å²) in [5.41, 5.74) is 24.1. The van der Waals surface area contributed by atoms with Gasteiger partial charge in [-0.15, -0.1) is 0 Å². The van der Waals surface area contributed by atoms with Gasteiger partial charge < -0.3 is 28.7 Å². The molecule has 0 spiro atoms.